The predicted octanol–water partition coefficient (Wildman–Crippen LogP) is 2.80. The van der Waals surface area contributed by atoms with Crippen LogP contribution in [0.25, 0.3) is 0 Å². The summed E-state index contributed by atoms with van der Waals surface area (Å²) < 4.78 is 10.8. The number of amides is 2. The molecule has 2 aliphatic rings. The van der Waals surface area contributed by atoms with Crippen molar-refractivity contribution >= 4 is 17.8 Å². The number of methoxy groups -OCH3 is 1. The lowest BCUT2D eigenvalue weighted by Gasteiger charge is -2.23. The lowest BCUT2D eigenvalue weighted by atomic mass is 10.0. The van der Waals surface area contributed by atoms with Gasteiger partial charge in [-0.05, 0) is 53.1 Å². The molecule has 0 saturated carbocycles. The van der Waals surface area contributed by atoms with Gasteiger partial charge in [0, 0.05) is 6.42 Å². The van der Waals surface area contributed by atoms with Gasteiger partial charge in [-0.25, -0.2) is 4.79 Å². The second kappa shape index (κ2) is 10.1. The number of aromatic hydroxyl groups is 1. The number of hydrogen-bond donors (Lipinski definition) is 3. The molecule has 2 heterocycles. The molecule has 0 spiro atoms. The number of carbonyl (C=O) groups is 3. The summed E-state index contributed by atoms with van der Waals surface area (Å²) in [6.45, 7) is 0. The number of fused-ring (bicyclic) bond motifs is 9. The van der Waals surface area contributed by atoms with Crippen LogP contribution in [-0.2, 0) is 32.0 Å². The minimum Gasteiger partial charge on any atom is -0.508 e. The SMILES string of the molecule is COC(=O)[C@@H]1Cc2ccc(cc2)Oc2cccc(c2)CC(=O)N[C@@H](c2ccc(O)cc2)C(=O)N1. The van der Waals surface area contributed by atoms with Crippen molar-refractivity contribution in [1.82, 2.24) is 10.6 Å². The summed E-state index contributed by atoms with van der Waals surface area (Å²) in [4.78, 5) is 38.6. The van der Waals surface area contributed by atoms with Gasteiger partial charge in [0.25, 0.3) is 0 Å². The van der Waals surface area contributed by atoms with Gasteiger partial charge < -0.3 is 25.2 Å². The summed E-state index contributed by atoms with van der Waals surface area (Å²) in [7, 11) is 1.25. The number of ether oxygens (including phenoxy) is 2. The van der Waals surface area contributed by atoms with E-state index in [0.29, 0.717) is 22.6 Å². The maximum atomic E-state index is 13.3. The van der Waals surface area contributed by atoms with Crippen molar-refractivity contribution in [2.24, 2.45) is 0 Å². The minimum atomic E-state index is -1.09. The zero-order valence-electron chi connectivity index (χ0n) is 18.5. The van der Waals surface area contributed by atoms with Crippen molar-refractivity contribution < 1.29 is 29.0 Å². The molecule has 4 bridgehead atoms. The predicted molar refractivity (Wildman–Crippen MR) is 123 cm³/mol. The van der Waals surface area contributed by atoms with Gasteiger partial charge in [-0.2, -0.15) is 0 Å². The first-order valence-electron chi connectivity index (χ1n) is 10.7. The van der Waals surface area contributed by atoms with Crippen LogP contribution >= 0.6 is 0 Å². The average Bonchev–Trinajstić information content (AvgIpc) is 2.83. The van der Waals surface area contributed by atoms with Gasteiger partial charge in [0.2, 0.25) is 11.8 Å². The molecule has 0 fully saturated rings. The number of phenols is 1. The van der Waals surface area contributed by atoms with Gasteiger partial charge >= 0.3 is 5.97 Å². The normalized spacial score (nSPS) is 18.4. The molecule has 2 amide bonds. The van der Waals surface area contributed by atoms with E-state index in [1.165, 1.54) is 19.2 Å². The number of benzene rings is 3. The summed E-state index contributed by atoms with van der Waals surface area (Å²) in [5, 5.41) is 15.1. The van der Waals surface area contributed by atoms with Crippen LogP contribution in [-0.4, -0.2) is 36.0 Å². The number of hydrogen-bond acceptors (Lipinski definition) is 6. The van der Waals surface area contributed by atoms with E-state index in [1.54, 1.807) is 48.5 Å². The summed E-state index contributed by atoms with van der Waals surface area (Å²) in [5.41, 5.74) is 1.94. The maximum absolute atomic E-state index is 13.3. The fraction of sp³-hybridized carbons (Fsp3) is 0.192. The number of esters is 1. The molecule has 0 radical (unpaired) electrons. The Hall–Kier alpha value is -4.33. The van der Waals surface area contributed by atoms with Crippen LogP contribution in [0.1, 0.15) is 22.7 Å². The van der Waals surface area contributed by atoms with Crippen molar-refractivity contribution in [3.05, 3.63) is 89.5 Å². The Kier molecular flexibility index (Phi) is 6.77. The van der Waals surface area contributed by atoms with Gasteiger partial charge in [-0.3, -0.25) is 9.59 Å². The van der Waals surface area contributed by atoms with E-state index in [-0.39, 0.29) is 18.6 Å². The number of carbonyl (C=O) groups excluding carboxylic acids is 3. The third-order valence-electron chi connectivity index (χ3n) is 5.46. The molecule has 0 aromatic heterocycles. The van der Waals surface area contributed by atoms with Crippen LogP contribution < -0.4 is 15.4 Å². The Morgan fingerprint density at radius 2 is 1.68 bits per heavy atom. The summed E-state index contributed by atoms with van der Waals surface area (Å²) >= 11 is 0. The first-order valence-corrected chi connectivity index (χ1v) is 10.7. The quantitative estimate of drug-likeness (QED) is 0.507. The number of rotatable bonds is 2. The molecular formula is C26H24N2O6. The Balaban J connectivity index is 1.72. The largest absolute Gasteiger partial charge is 0.508 e. The van der Waals surface area contributed by atoms with Gasteiger partial charge in [0.1, 0.15) is 29.3 Å². The molecule has 0 aliphatic carbocycles. The molecule has 8 heteroatoms. The van der Waals surface area contributed by atoms with Crippen molar-refractivity contribution in [3.8, 4) is 17.2 Å². The number of phenolic OH excluding ortho intramolecular Hbond substituents is 1. The van der Waals surface area contributed by atoms with Gasteiger partial charge in [0.15, 0.2) is 0 Å². The molecule has 8 nitrogen and oxygen atoms in total. The van der Waals surface area contributed by atoms with E-state index < -0.39 is 29.9 Å². The van der Waals surface area contributed by atoms with Crippen molar-refractivity contribution in [1.29, 1.82) is 0 Å². The molecule has 34 heavy (non-hydrogen) atoms. The average molecular weight is 460 g/mol. The van der Waals surface area contributed by atoms with Crippen molar-refractivity contribution in [3.63, 3.8) is 0 Å². The highest BCUT2D eigenvalue weighted by Crippen LogP contribution is 2.24. The van der Waals surface area contributed by atoms with Crippen LogP contribution in [0.2, 0.25) is 0 Å². The highest BCUT2D eigenvalue weighted by atomic mass is 16.5. The lowest BCUT2D eigenvalue weighted by Crippen LogP contribution is -2.48. The topological polar surface area (TPSA) is 114 Å². The highest BCUT2D eigenvalue weighted by molar-refractivity contribution is 5.92. The van der Waals surface area contributed by atoms with Crippen molar-refractivity contribution in [2.75, 3.05) is 7.11 Å². The van der Waals surface area contributed by atoms with Crippen LogP contribution in [0.4, 0.5) is 0 Å². The minimum absolute atomic E-state index is 0.0123. The Labute approximate surface area is 196 Å². The van der Waals surface area contributed by atoms with Gasteiger partial charge in [0.05, 0.1) is 13.5 Å². The summed E-state index contributed by atoms with van der Waals surface area (Å²) in [6, 6.07) is 18.2. The first kappa shape index (κ1) is 22.8. The van der Waals surface area contributed by atoms with E-state index in [1.807, 2.05) is 12.1 Å². The van der Waals surface area contributed by atoms with Gasteiger partial charge in [-0.1, -0.05) is 36.4 Å². The summed E-state index contributed by atoms with van der Waals surface area (Å²) in [5.74, 6) is -0.378. The Morgan fingerprint density at radius 1 is 0.941 bits per heavy atom. The van der Waals surface area contributed by atoms with E-state index in [4.69, 9.17) is 9.47 Å². The smallest absolute Gasteiger partial charge is 0.328 e. The first-order chi connectivity index (χ1) is 16.4. The monoisotopic (exact) mass is 460 g/mol. The van der Waals surface area contributed by atoms with E-state index in [0.717, 1.165) is 5.56 Å². The molecule has 2 aliphatic heterocycles. The zero-order valence-corrected chi connectivity index (χ0v) is 18.5. The number of nitrogens with one attached hydrogen (secondary N) is 2. The third-order valence-corrected chi connectivity index (χ3v) is 5.46. The molecule has 0 saturated heterocycles. The summed E-state index contributed by atoms with van der Waals surface area (Å²) in [6.07, 6.45) is 0.197. The van der Waals surface area contributed by atoms with E-state index in [9.17, 15) is 19.5 Å². The molecule has 5 rings (SSSR count). The van der Waals surface area contributed by atoms with E-state index in [2.05, 4.69) is 10.6 Å². The second-order valence-corrected chi connectivity index (χ2v) is 7.95. The fourth-order valence-corrected chi connectivity index (χ4v) is 3.74. The molecule has 3 N–H and O–H groups in total. The zero-order chi connectivity index (χ0) is 24.1. The van der Waals surface area contributed by atoms with Crippen LogP contribution in [0.15, 0.2) is 72.8 Å². The maximum Gasteiger partial charge on any atom is 0.328 e. The van der Waals surface area contributed by atoms with Crippen molar-refractivity contribution in [2.45, 2.75) is 24.9 Å². The second-order valence-electron chi connectivity index (χ2n) is 7.95. The Morgan fingerprint density at radius 3 is 2.38 bits per heavy atom. The Bertz CT molecular complexity index is 1190. The van der Waals surface area contributed by atoms with Crippen LogP contribution in [0.5, 0.6) is 17.2 Å². The van der Waals surface area contributed by atoms with E-state index >= 15 is 0 Å². The molecular weight excluding hydrogens is 436 g/mol. The fourth-order valence-electron chi connectivity index (χ4n) is 3.74. The van der Waals surface area contributed by atoms with Crippen LogP contribution in [0, 0.1) is 0 Å². The molecule has 0 unspecified atom stereocenters. The third kappa shape index (κ3) is 5.53. The lowest BCUT2D eigenvalue weighted by molar-refractivity contribution is -0.145. The molecule has 3 aromatic rings. The molecule has 174 valence electrons. The van der Waals surface area contributed by atoms with Crippen LogP contribution in [0.3, 0.4) is 0 Å². The molecule has 2 atom stereocenters. The van der Waals surface area contributed by atoms with Gasteiger partial charge in [-0.15, -0.1) is 0 Å². The molecule has 3 aromatic carbocycles. The highest BCUT2D eigenvalue weighted by Gasteiger charge is 2.29. The standard InChI is InChI=1S/C26H24N2O6/c1-33-26(32)22-14-16-5-11-20(12-6-16)34-21-4-2-3-17(13-21)15-23(30)28-24(25(31)27-22)18-7-9-19(29)10-8-18/h2-13,22,24,29H,14-15H2,1H3,(H,27,31)(H,28,30)/t22-,24-/m0/s1.